The Morgan fingerprint density at radius 1 is 1.36 bits per heavy atom. The molecule has 2 amide bonds. The third-order valence-electron chi connectivity index (χ3n) is 6.43. The maximum Gasteiger partial charge on any atom is 0.317 e. The monoisotopic (exact) mass is 495 g/mol. The average molecular weight is 496 g/mol. The van der Waals surface area contributed by atoms with Crippen molar-refractivity contribution < 1.29 is 13.6 Å². The molecule has 0 radical (unpaired) electrons. The Bertz CT molecular complexity index is 1240. The number of amides is 2. The van der Waals surface area contributed by atoms with Crippen molar-refractivity contribution in [3.8, 4) is 17.3 Å². The molecule has 10 nitrogen and oxygen atoms in total. The fourth-order valence-corrected chi connectivity index (χ4v) is 4.54. The van der Waals surface area contributed by atoms with Gasteiger partial charge in [-0.2, -0.15) is 10.4 Å². The Morgan fingerprint density at radius 2 is 2.11 bits per heavy atom. The Balaban J connectivity index is 1.41. The molecule has 1 saturated heterocycles. The maximum absolute atomic E-state index is 14.5. The van der Waals surface area contributed by atoms with E-state index >= 15 is 0 Å². The summed E-state index contributed by atoms with van der Waals surface area (Å²) in [5.41, 5.74) is 2.44. The maximum atomic E-state index is 14.5. The van der Waals surface area contributed by atoms with E-state index in [0.29, 0.717) is 61.1 Å². The number of urea groups is 1. The van der Waals surface area contributed by atoms with E-state index in [2.05, 4.69) is 25.5 Å². The van der Waals surface area contributed by atoms with Crippen LogP contribution >= 0.6 is 0 Å². The Hall–Kier alpha value is -4.14. The van der Waals surface area contributed by atoms with Crippen LogP contribution in [-0.4, -0.2) is 69.5 Å². The Kier molecular flexibility index (Phi) is 7.38. The van der Waals surface area contributed by atoms with E-state index in [-0.39, 0.29) is 18.1 Å². The summed E-state index contributed by atoms with van der Waals surface area (Å²) in [5, 5.41) is 26.5. The second-order valence-electron chi connectivity index (χ2n) is 8.85. The molecule has 2 aromatic rings. The number of carbonyl (C=O) groups is 1. The number of piperazine rings is 1. The molecule has 1 unspecified atom stereocenters. The zero-order chi connectivity index (χ0) is 25.8. The first-order valence-corrected chi connectivity index (χ1v) is 11.6. The molecule has 2 atom stereocenters. The number of rotatable bonds is 6. The van der Waals surface area contributed by atoms with Crippen molar-refractivity contribution in [3.63, 3.8) is 0 Å². The first kappa shape index (κ1) is 25.0. The molecule has 0 aromatic carbocycles. The van der Waals surface area contributed by atoms with E-state index in [0.717, 1.165) is 6.20 Å². The largest absolute Gasteiger partial charge is 0.337 e. The van der Waals surface area contributed by atoms with Gasteiger partial charge in [-0.15, -0.1) is 0 Å². The molecule has 3 heterocycles. The van der Waals surface area contributed by atoms with Gasteiger partial charge in [0.05, 0.1) is 18.0 Å². The van der Waals surface area contributed by atoms with Crippen LogP contribution in [0.25, 0.3) is 11.3 Å². The summed E-state index contributed by atoms with van der Waals surface area (Å²) < 4.78 is 28.5. The third kappa shape index (κ3) is 5.25. The van der Waals surface area contributed by atoms with Crippen LogP contribution in [-0.2, 0) is 0 Å². The molecule has 1 fully saturated rings. The summed E-state index contributed by atoms with van der Waals surface area (Å²) in [6.45, 7) is 5.21. The van der Waals surface area contributed by atoms with Crippen molar-refractivity contribution in [2.75, 3.05) is 31.1 Å². The number of nitrogens with one attached hydrogen (secondary N) is 3. The highest BCUT2D eigenvalue weighted by Crippen LogP contribution is 2.28. The highest BCUT2D eigenvalue weighted by atomic mass is 19.1. The minimum Gasteiger partial charge on any atom is -0.337 e. The topological polar surface area (TPSA) is 138 Å². The predicted molar refractivity (Wildman–Crippen MR) is 130 cm³/mol. The van der Waals surface area contributed by atoms with Crippen molar-refractivity contribution in [3.05, 3.63) is 47.0 Å². The number of carbonyl (C=O) groups excluding carboxylic acids is 1. The van der Waals surface area contributed by atoms with Crippen LogP contribution in [0.2, 0.25) is 0 Å². The number of aromatic amines is 1. The number of allylic oxidation sites excluding steroid dienone is 3. The highest BCUT2D eigenvalue weighted by Gasteiger charge is 2.29. The molecule has 0 bridgehead atoms. The number of hydrogen-bond donors (Lipinski definition) is 3. The quantitative estimate of drug-likeness (QED) is 0.526. The Morgan fingerprint density at radius 3 is 2.75 bits per heavy atom. The molecule has 1 aliphatic heterocycles. The zero-order valence-electron chi connectivity index (χ0n) is 20.1. The van der Waals surface area contributed by atoms with Gasteiger partial charge in [-0.3, -0.25) is 5.10 Å². The molecule has 2 aliphatic rings. The van der Waals surface area contributed by atoms with Gasteiger partial charge in [0, 0.05) is 61.4 Å². The van der Waals surface area contributed by atoms with E-state index in [9.17, 15) is 13.6 Å². The summed E-state index contributed by atoms with van der Waals surface area (Å²) in [7, 11) is 0. The van der Waals surface area contributed by atoms with Gasteiger partial charge in [-0.1, -0.05) is 0 Å². The number of nitriles is 1. The number of hydrogen-bond acceptors (Lipinski definition) is 7. The van der Waals surface area contributed by atoms with Crippen molar-refractivity contribution in [1.82, 2.24) is 30.4 Å². The highest BCUT2D eigenvalue weighted by molar-refractivity contribution is 5.75. The van der Waals surface area contributed by atoms with Gasteiger partial charge in [0.25, 0.3) is 0 Å². The third-order valence-corrected chi connectivity index (χ3v) is 6.43. The Labute approximate surface area is 207 Å². The summed E-state index contributed by atoms with van der Waals surface area (Å²) in [5.74, 6) is -1.10. The second-order valence-corrected chi connectivity index (χ2v) is 8.85. The minimum absolute atomic E-state index is 0.178. The number of aryl methyl sites for hydroxylation is 2. The molecule has 36 heavy (non-hydrogen) atoms. The normalized spacial score (nSPS) is 18.7. The number of nitrogens with zero attached hydrogens (tertiary/aromatic N) is 6. The summed E-state index contributed by atoms with van der Waals surface area (Å²) in [6, 6.07) is 1.14. The lowest BCUT2D eigenvalue weighted by atomic mass is 9.87. The molecule has 4 rings (SSSR count). The first-order valence-electron chi connectivity index (χ1n) is 11.6. The number of halogens is 2. The van der Waals surface area contributed by atoms with Gasteiger partial charge in [-0.05, 0) is 38.6 Å². The van der Waals surface area contributed by atoms with Crippen LogP contribution in [0.3, 0.4) is 0 Å². The molecule has 1 aliphatic carbocycles. The molecule has 0 saturated carbocycles. The van der Waals surface area contributed by atoms with Gasteiger partial charge in [0.15, 0.2) is 5.82 Å². The standard InChI is InChI=1S/C24H27F2N9O/c1-14-21(15(2)33-32-14)22-19(26)13-29-23(31-22)34-5-7-35(8-6-34)24(36)30-20(3-4-27)17-9-16(12-28)10-18(25)11-17/h4,10-11,13,17,20,27H,3,5-9H2,1-2H3,(H,30,36)(H,32,33)/t17?,20-/m0/s1. The second kappa shape index (κ2) is 10.6. The van der Waals surface area contributed by atoms with Gasteiger partial charge in [-0.25, -0.2) is 23.5 Å². The van der Waals surface area contributed by atoms with Gasteiger partial charge in [0.1, 0.15) is 11.5 Å². The van der Waals surface area contributed by atoms with Crippen molar-refractivity contribution in [2.24, 2.45) is 5.92 Å². The molecular weight excluding hydrogens is 468 g/mol. The van der Waals surface area contributed by atoms with Crippen LogP contribution in [0.5, 0.6) is 0 Å². The predicted octanol–water partition coefficient (Wildman–Crippen LogP) is 3.19. The van der Waals surface area contributed by atoms with E-state index < -0.39 is 23.6 Å². The van der Waals surface area contributed by atoms with Crippen LogP contribution in [0.4, 0.5) is 19.5 Å². The van der Waals surface area contributed by atoms with Crippen molar-refractivity contribution >= 4 is 18.2 Å². The van der Waals surface area contributed by atoms with Crippen LogP contribution < -0.4 is 10.2 Å². The molecule has 12 heteroatoms. The van der Waals surface area contributed by atoms with Crippen molar-refractivity contribution in [2.45, 2.75) is 32.7 Å². The number of aromatic nitrogens is 4. The first-order chi connectivity index (χ1) is 17.3. The van der Waals surface area contributed by atoms with Crippen LogP contribution in [0.1, 0.15) is 24.2 Å². The van der Waals surface area contributed by atoms with Crippen molar-refractivity contribution in [1.29, 1.82) is 10.7 Å². The SMILES string of the molecule is Cc1n[nH]c(C)c1-c1nc(N2CCN(C(=O)N[C@@H](CC=N)C3C=C(F)C=C(C#N)C3)CC2)ncc1F. The molecular formula is C24H27F2N9O. The smallest absolute Gasteiger partial charge is 0.317 e. The lowest BCUT2D eigenvalue weighted by molar-refractivity contribution is 0.187. The average Bonchev–Trinajstić information content (AvgIpc) is 3.21. The summed E-state index contributed by atoms with van der Waals surface area (Å²) in [4.78, 5) is 25.1. The lowest BCUT2D eigenvalue weighted by Gasteiger charge is -2.36. The fourth-order valence-electron chi connectivity index (χ4n) is 4.54. The summed E-state index contributed by atoms with van der Waals surface area (Å²) >= 11 is 0. The fraction of sp³-hybridized carbons (Fsp3) is 0.417. The number of anilines is 1. The van der Waals surface area contributed by atoms with E-state index in [4.69, 9.17) is 10.7 Å². The molecule has 188 valence electrons. The van der Waals surface area contributed by atoms with E-state index in [1.807, 2.05) is 11.0 Å². The molecule has 0 spiro atoms. The van der Waals surface area contributed by atoms with Crippen LogP contribution in [0.15, 0.2) is 29.7 Å². The molecule has 3 N–H and O–H groups in total. The van der Waals surface area contributed by atoms with E-state index in [1.54, 1.807) is 18.7 Å². The lowest BCUT2D eigenvalue weighted by Crippen LogP contribution is -2.54. The van der Waals surface area contributed by atoms with E-state index in [1.165, 1.54) is 18.4 Å². The van der Waals surface area contributed by atoms with Gasteiger partial charge >= 0.3 is 6.03 Å². The zero-order valence-corrected chi connectivity index (χ0v) is 20.1. The number of H-pyrrole nitrogens is 1. The van der Waals surface area contributed by atoms with Gasteiger partial charge in [0.2, 0.25) is 5.95 Å². The minimum atomic E-state index is -0.538. The van der Waals surface area contributed by atoms with Gasteiger partial charge < -0.3 is 20.5 Å². The molecule has 2 aromatic heterocycles. The summed E-state index contributed by atoms with van der Waals surface area (Å²) in [6.07, 6.45) is 5.42. The van der Waals surface area contributed by atoms with Crippen LogP contribution in [0, 0.1) is 42.3 Å².